The van der Waals surface area contributed by atoms with Gasteiger partial charge in [0.2, 0.25) is 6.10 Å². The monoisotopic (exact) mass is 224 g/mol. The van der Waals surface area contributed by atoms with Gasteiger partial charge in [-0.1, -0.05) is 42.5 Å². The van der Waals surface area contributed by atoms with Crippen LogP contribution in [0.1, 0.15) is 11.7 Å². The van der Waals surface area contributed by atoms with Crippen LogP contribution in [0.5, 0.6) is 5.75 Å². The highest BCUT2D eigenvalue weighted by molar-refractivity contribution is 5.52. The molecule has 3 nitrogen and oxygen atoms in total. The summed E-state index contributed by atoms with van der Waals surface area (Å²) >= 11 is 0. The fourth-order valence-corrected chi connectivity index (χ4v) is 1.51. The van der Waals surface area contributed by atoms with Crippen LogP contribution in [0, 0.1) is 11.3 Å². The van der Waals surface area contributed by atoms with Crippen LogP contribution >= 0.6 is 0 Å². The third-order valence-corrected chi connectivity index (χ3v) is 2.38. The molecule has 84 valence electrons. The first-order valence-corrected chi connectivity index (χ1v) is 5.27. The summed E-state index contributed by atoms with van der Waals surface area (Å²) in [5.41, 5.74) is 7.12. The number of rotatable bonds is 3. The second-order valence-electron chi connectivity index (χ2n) is 3.58. The van der Waals surface area contributed by atoms with Gasteiger partial charge in [-0.05, 0) is 12.1 Å². The van der Waals surface area contributed by atoms with Crippen molar-refractivity contribution < 1.29 is 4.74 Å². The van der Waals surface area contributed by atoms with E-state index in [-0.39, 0.29) is 0 Å². The molecule has 0 spiro atoms. The van der Waals surface area contributed by atoms with Crippen molar-refractivity contribution in [2.75, 3.05) is 5.73 Å². The van der Waals surface area contributed by atoms with Crippen LogP contribution in [-0.4, -0.2) is 0 Å². The topological polar surface area (TPSA) is 59.0 Å². The molecule has 1 atom stereocenters. The number of para-hydroxylation sites is 2. The standard InChI is InChI=1S/C14H12N2O/c15-10-14(11-6-2-1-3-7-11)17-13-9-5-4-8-12(13)16/h1-9,14H,16H2. The van der Waals surface area contributed by atoms with Crippen molar-refractivity contribution in [3.63, 3.8) is 0 Å². The Balaban J connectivity index is 2.23. The predicted octanol–water partition coefficient (Wildman–Crippen LogP) is 2.91. The van der Waals surface area contributed by atoms with Crippen molar-refractivity contribution in [2.24, 2.45) is 0 Å². The van der Waals surface area contributed by atoms with Crippen molar-refractivity contribution in [3.8, 4) is 11.8 Å². The molecule has 0 heterocycles. The Labute approximate surface area is 100 Å². The number of nitrogens with zero attached hydrogens (tertiary/aromatic N) is 1. The SMILES string of the molecule is N#CC(Oc1ccccc1N)c1ccccc1. The molecule has 2 N–H and O–H groups in total. The van der Waals surface area contributed by atoms with E-state index in [9.17, 15) is 0 Å². The van der Waals surface area contributed by atoms with E-state index in [1.165, 1.54) is 0 Å². The molecule has 1 unspecified atom stereocenters. The summed E-state index contributed by atoms with van der Waals surface area (Å²) < 4.78 is 5.59. The molecule has 0 aliphatic carbocycles. The van der Waals surface area contributed by atoms with Crippen LogP contribution in [-0.2, 0) is 0 Å². The van der Waals surface area contributed by atoms with Gasteiger partial charge in [0.1, 0.15) is 11.8 Å². The van der Waals surface area contributed by atoms with Crippen LogP contribution in [0.2, 0.25) is 0 Å². The molecule has 2 aromatic rings. The molecular weight excluding hydrogens is 212 g/mol. The Bertz CT molecular complexity index is 531. The van der Waals surface area contributed by atoms with E-state index in [0.717, 1.165) is 5.56 Å². The Kier molecular flexibility index (Phi) is 3.27. The number of benzene rings is 2. The largest absolute Gasteiger partial charge is 0.469 e. The van der Waals surface area contributed by atoms with E-state index in [2.05, 4.69) is 6.07 Å². The fraction of sp³-hybridized carbons (Fsp3) is 0.0714. The Hall–Kier alpha value is -2.47. The minimum absolute atomic E-state index is 0.530. The molecule has 0 aliphatic heterocycles. The third-order valence-electron chi connectivity index (χ3n) is 2.38. The van der Waals surface area contributed by atoms with E-state index in [4.69, 9.17) is 15.7 Å². The lowest BCUT2D eigenvalue weighted by Gasteiger charge is -2.13. The number of anilines is 1. The van der Waals surface area contributed by atoms with Gasteiger partial charge in [0.25, 0.3) is 0 Å². The Morgan fingerprint density at radius 2 is 1.65 bits per heavy atom. The summed E-state index contributed by atoms with van der Waals surface area (Å²) in [6.45, 7) is 0. The molecular formula is C14H12N2O. The minimum atomic E-state index is -0.638. The van der Waals surface area contributed by atoms with E-state index in [0.29, 0.717) is 11.4 Å². The molecule has 0 saturated heterocycles. The maximum atomic E-state index is 9.12. The number of ether oxygens (including phenoxy) is 1. The van der Waals surface area contributed by atoms with Crippen molar-refractivity contribution in [1.29, 1.82) is 5.26 Å². The van der Waals surface area contributed by atoms with Gasteiger partial charge in [-0.3, -0.25) is 0 Å². The van der Waals surface area contributed by atoms with Gasteiger partial charge in [0.05, 0.1) is 5.69 Å². The molecule has 2 aromatic carbocycles. The maximum Gasteiger partial charge on any atom is 0.209 e. The number of hydrogen-bond donors (Lipinski definition) is 1. The average molecular weight is 224 g/mol. The zero-order chi connectivity index (χ0) is 12.1. The van der Waals surface area contributed by atoms with Crippen molar-refractivity contribution in [2.45, 2.75) is 6.10 Å². The van der Waals surface area contributed by atoms with Gasteiger partial charge < -0.3 is 10.5 Å². The molecule has 3 heteroatoms. The quantitative estimate of drug-likeness (QED) is 0.815. The first-order chi connectivity index (χ1) is 8.31. The smallest absolute Gasteiger partial charge is 0.209 e. The molecule has 0 aromatic heterocycles. The normalized spacial score (nSPS) is 11.5. The molecule has 0 bridgehead atoms. The number of nitrogen functional groups attached to an aromatic ring is 1. The van der Waals surface area contributed by atoms with Gasteiger partial charge in [-0.2, -0.15) is 5.26 Å². The molecule has 0 amide bonds. The third kappa shape index (κ3) is 2.56. The first-order valence-electron chi connectivity index (χ1n) is 5.27. The van der Waals surface area contributed by atoms with E-state index in [1.54, 1.807) is 12.1 Å². The summed E-state index contributed by atoms with van der Waals surface area (Å²) in [7, 11) is 0. The van der Waals surface area contributed by atoms with Crippen LogP contribution in [0.25, 0.3) is 0 Å². The van der Waals surface area contributed by atoms with E-state index < -0.39 is 6.10 Å². The summed E-state index contributed by atoms with van der Waals surface area (Å²) in [6, 6.07) is 18.6. The molecule has 0 radical (unpaired) electrons. The van der Waals surface area contributed by atoms with Gasteiger partial charge in [-0.15, -0.1) is 0 Å². The highest BCUT2D eigenvalue weighted by Crippen LogP contribution is 2.26. The lowest BCUT2D eigenvalue weighted by molar-refractivity contribution is 0.264. The van der Waals surface area contributed by atoms with Crippen molar-refractivity contribution in [3.05, 3.63) is 60.2 Å². The number of nitriles is 1. The highest BCUT2D eigenvalue weighted by atomic mass is 16.5. The lowest BCUT2D eigenvalue weighted by Crippen LogP contribution is -2.06. The Morgan fingerprint density at radius 3 is 2.29 bits per heavy atom. The number of hydrogen-bond acceptors (Lipinski definition) is 3. The zero-order valence-corrected chi connectivity index (χ0v) is 9.21. The molecule has 0 fully saturated rings. The number of nitrogens with two attached hydrogens (primary N) is 1. The molecule has 0 saturated carbocycles. The average Bonchev–Trinajstić information content (AvgIpc) is 2.39. The first kappa shape index (κ1) is 11.0. The fourth-order valence-electron chi connectivity index (χ4n) is 1.51. The van der Waals surface area contributed by atoms with Gasteiger partial charge in [0.15, 0.2) is 0 Å². The van der Waals surface area contributed by atoms with E-state index in [1.807, 2.05) is 42.5 Å². The minimum Gasteiger partial charge on any atom is -0.469 e. The van der Waals surface area contributed by atoms with Gasteiger partial charge >= 0.3 is 0 Å². The molecule has 0 aliphatic rings. The summed E-state index contributed by atoms with van der Waals surface area (Å²) in [5, 5.41) is 9.12. The van der Waals surface area contributed by atoms with Gasteiger partial charge in [-0.25, -0.2) is 0 Å². The summed E-state index contributed by atoms with van der Waals surface area (Å²) in [6.07, 6.45) is -0.638. The van der Waals surface area contributed by atoms with Crippen LogP contribution in [0.3, 0.4) is 0 Å². The van der Waals surface area contributed by atoms with Crippen LogP contribution < -0.4 is 10.5 Å². The summed E-state index contributed by atoms with van der Waals surface area (Å²) in [4.78, 5) is 0. The van der Waals surface area contributed by atoms with Crippen molar-refractivity contribution >= 4 is 5.69 Å². The second-order valence-corrected chi connectivity index (χ2v) is 3.58. The predicted molar refractivity (Wildman–Crippen MR) is 66.3 cm³/mol. The lowest BCUT2D eigenvalue weighted by atomic mass is 10.1. The maximum absolute atomic E-state index is 9.12. The van der Waals surface area contributed by atoms with Crippen LogP contribution in [0.4, 0.5) is 5.69 Å². The highest BCUT2D eigenvalue weighted by Gasteiger charge is 2.12. The summed E-state index contributed by atoms with van der Waals surface area (Å²) in [5.74, 6) is 0.530. The Morgan fingerprint density at radius 1 is 1.00 bits per heavy atom. The van der Waals surface area contributed by atoms with Crippen LogP contribution in [0.15, 0.2) is 54.6 Å². The van der Waals surface area contributed by atoms with Gasteiger partial charge in [0, 0.05) is 5.56 Å². The second kappa shape index (κ2) is 5.04. The molecule has 2 rings (SSSR count). The van der Waals surface area contributed by atoms with E-state index >= 15 is 0 Å². The zero-order valence-electron chi connectivity index (χ0n) is 9.21. The van der Waals surface area contributed by atoms with Crippen molar-refractivity contribution in [1.82, 2.24) is 0 Å². The molecule has 17 heavy (non-hydrogen) atoms.